The van der Waals surface area contributed by atoms with Crippen LogP contribution in [-0.2, 0) is 6.54 Å². The minimum Gasteiger partial charge on any atom is -0.387 e. The zero-order valence-corrected chi connectivity index (χ0v) is 13.2. The number of nitro groups is 1. The van der Waals surface area contributed by atoms with Crippen LogP contribution in [0.3, 0.4) is 0 Å². The van der Waals surface area contributed by atoms with Crippen molar-refractivity contribution in [1.29, 1.82) is 0 Å². The molecule has 0 bridgehead atoms. The van der Waals surface area contributed by atoms with Crippen LogP contribution in [0.2, 0.25) is 0 Å². The number of nitrogens with one attached hydrogen (secondary N) is 1. The van der Waals surface area contributed by atoms with Crippen LogP contribution in [0.15, 0.2) is 59.1 Å². The van der Waals surface area contributed by atoms with Crippen LogP contribution in [0.25, 0.3) is 11.4 Å². The lowest BCUT2D eigenvalue weighted by atomic mass is 10.1. The molecule has 0 aliphatic heterocycles. The molecule has 0 amide bonds. The van der Waals surface area contributed by atoms with Crippen LogP contribution in [0.4, 0.5) is 5.69 Å². The number of rotatable bonds is 7. The first-order chi connectivity index (χ1) is 12.1. The Balaban J connectivity index is 1.56. The minimum absolute atomic E-state index is 0.00374. The first-order valence-electron chi connectivity index (χ1n) is 7.64. The average molecular weight is 340 g/mol. The number of aliphatic hydroxyl groups is 1. The fourth-order valence-corrected chi connectivity index (χ4v) is 2.28. The summed E-state index contributed by atoms with van der Waals surface area (Å²) in [5.41, 5.74) is 1.46. The molecule has 0 saturated heterocycles. The van der Waals surface area contributed by atoms with E-state index in [-0.39, 0.29) is 5.69 Å². The smallest absolute Gasteiger partial charge is 0.269 e. The number of aromatic nitrogens is 2. The molecule has 128 valence electrons. The molecular formula is C17H16N4O4. The first kappa shape index (κ1) is 16.7. The van der Waals surface area contributed by atoms with Crippen molar-refractivity contribution >= 4 is 5.69 Å². The standard InChI is InChI=1S/C17H16N4O4/c22-15(12-4-2-1-3-5-12)10-18-11-16-19-17(20-25-16)13-6-8-14(9-7-13)21(23)24/h1-9,15,18,22H,10-11H2. The monoisotopic (exact) mass is 340 g/mol. The lowest BCUT2D eigenvalue weighted by Crippen LogP contribution is -2.21. The maximum Gasteiger partial charge on any atom is 0.269 e. The average Bonchev–Trinajstić information content (AvgIpc) is 3.11. The van der Waals surface area contributed by atoms with Crippen molar-refractivity contribution in [3.63, 3.8) is 0 Å². The molecule has 0 saturated carbocycles. The summed E-state index contributed by atoms with van der Waals surface area (Å²) in [5, 5.41) is 27.6. The van der Waals surface area contributed by atoms with Crippen LogP contribution in [-0.4, -0.2) is 26.7 Å². The molecule has 1 heterocycles. The molecule has 1 unspecified atom stereocenters. The summed E-state index contributed by atoms with van der Waals surface area (Å²) in [4.78, 5) is 14.4. The van der Waals surface area contributed by atoms with E-state index < -0.39 is 11.0 Å². The Morgan fingerprint density at radius 3 is 2.56 bits per heavy atom. The third-order valence-corrected chi connectivity index (χ3v) is 3.60. The number of benzene rings is 2. The fraction of sp³-hybridized carbons (Fsp3) is 0.176. The zero-order chi connectivity index (χ0) is 17.6. The van der Waals surface area contributed by atoms with Crippen molar-refractivity contribution in [3.05, 3.63) is 76.2 Å². The second-order valence-corrected chi connectivity index (χ2v) is 5.37. The maximum absolute atomic E-state index is 10.7. The van der Waals surface area contributed by atoms with Gasteiger partial charge in [0.2, 0.25) is 11.7 Å². The number of hydrogen-bond donors (Lipinski definition) is 2. The Bertz CT molecular complexity index is 833. The highest BCUT2D eigenvalue weighted by Gasteiger charge is 2.12. The molecule has 0 fully saturated rings. The Hall–Kier alpha value is -3.10. The predicted octanol–water partition coefficient (Wildman–Crippen LogP) is 2.47. The van der Waals surface area contributed by atoms with Crippen LogP contribution in [0.5, 0.6) is 0 Å². The van der Waals surface area contributed by atoms with Gasteiger partial charge in [-0.1, -0.05) is 35.5 Å². The molecule has 2 N–H and O–H groups in total. The summed E-state index contributed by atoms with van der Waals surface area (Å²) in [6.45, 7) is 0.656. The summed E-state index contributed by atoms with van der Waals surface area (Å²) in [5.74, 6) is 0.726. The molecule has 3 rings (SSSR count). The van der Waals surface area contributed by atoms with Gasteiger partial charge in [-0.25, -0.2) is 0 Å². The molecular weight excluding hydrogens is 324 g/mol. The highest BCUT2D eigenvalue weighted by molar-refractivity contribution is 5.56. The largest absolute Gasteiger partial charge is 0.387 e. The highest BCUT2D eigenvalue weighted by atomic mass is 16.6. The van der Waals surface area contributed by atoms with Crippen molar-refractivity contribution in [2.75, 3.05) is 6.54 Å². The summed E-state index contributed by atoms with van der Waals surface area (Å²) in [6, 6.07) is 15.2. The second-order valence-electron chi connectivity index (χ2n) is 5.37. The topological polar surface area (TPSA) is 114 Å². The molecule has 0 radical (unpaired) electrons. The summed E-state index contributed by atoms with van der Waals surface area (Å²) < 4.78 is 5.15. The third kappa shape index (κ3) is 4.25. The van der Waals surface area contributed by atoms with Gasteiger partial charge in [0.15, 0.2) is 0 Å². The molecule has 8 nitrogen and oxygen atoms in total. The second kappa shape index (κ2) is 7.65. The van der Waals surface area contributed by atoms with Gasteiger partial charge in [0, 0.05) is 24.2 Å². The lowest BCUT2D eigenvalue weighted by Gasteiger charge is -2.10. The number of aliphatic hydroxyl groups excluding tert-OH is 1. The normalized spacial score (nSPS) is 12.0. The Morgan fingerprint density at radius 1 is 1.16 bits per heavy atom. The number of hydrogen-bond acceptors (Lipinski definition) is 7. The van der Waals surface area contributed by atoms with Crippen LogP contribution >= 0.6 is 0 Å². The van der Waals surface area contributed by atoms with Crippen LogP contribution in [0, 0.1) is 10.1 Å². The van der Waals surface area contributed by atoms with E-state index >= 15 is 0 Å². The van der Waals surface area contributed by atoms with Gasteiger partial charge in [-0.15, -0.1) is 0 Å². The Labute approximate surface area is 143 Å². The van der Waals surface area contributed by atoms with Gasteiger partial charge >= 0.3 is 0 Å². The van der Waals surface area contributed by atoms with Crippen LogP contribution < -0.4 is 5.32 Å². The van der Waals surface area contributed by atoms with Gasteiger partial charge in [0.1, 0.15) is 0 Å². The predicted molar refractivity (Wildman–Crippen MR) is 89.5 cm³/mol. The van der Waals surface area contributed by atoms with Crippen molar-refractivity contribution < 1.29 is 14.6 Å². The number of nitrogens with zero attached hydrogens (tertiary/aromatic N) is 3. The molecule has 1 atom stereocenters. The molecule has 0 aliphatic carbocycles. The van der Waals surface area contributed by atoms with Crippen LogP contribution in [0.1, 0.15) is 17.6 Å². The fourth-order valence-electron chi connectivity index (χ4n) is 2.28. The van der Waals surface area contributed by atoms with E-state index in [4.69, 9.17) is 4.52 Å². The van der Waals surface area contributed by atoms with E-state index in [1.807, 2.05) is 30.3 Å². The molecule has 8 heteroatoms. The highest BCUT2D eigenvalue weighted by Crippen LogP contribution is 2.19. The lowest BCUT2D eigenvalue weighted by molar-refractivity contribution is -0.384. The summed E-state index contributed by atoms with van der Waals surface area (Å²) in [6.07, 6.45) is -0.627. The van der Waals surface area contributed by atoms with Gasteiger partial charge < -0.3 is 14.9 Å². The quantitative estimate of drug-likeness (QED) is 0.501. The van der Waals surface area contributed by atoms with Crippen molar-refractivity contribution in [3.8, 4) is 11.4 Å². The molecule has 3 aromatic rings. The maximum atomic E-state index is 10.7. The third-order valence-electron chi connectivity index (χ3n) is 3.60. The number of non-ortho nitro benzene ring substituents is 1. The summed E-state index contributed by atoms with van der Waals surface area (Å²) in [7, 11) is 0. The molecule has 0 aliphatic rings. The zero-order valence-electron chi connectivity index (χ0n) is 13.2. The summed E-state index contributed by atoms with van der Waals surface area (Å²) >= 11 is 0. The van der Waals surface area contributed by atoms with Gasteiger partial charge in [-0.3, -0.25) is 10.1 Å². The van der Waals surface area contributed by atoms with E-state index in [1.165, 1.54) is 12.1 Å². The van der Waals surface area contributed by atoms with E-state index in [9.17, 15) is 15.2 Å². The van der Waals surface area contributed by atoms with Crippen molar-refractivity contribution in [2.24, 2.45) is 0 Å². The van der Waals surface area contributed by atoms with Crippen molar-refractivity contribution in [1.82, 2.24) is 15.5 Å². The Morgan fingerprint density at radius 2 is 1.88 bits per heavy atom. The van der Waals surface area contributed by atoms with E-state index in [2.05, 4.69) is 15.5 Å². The van der Waals surface area contributed by atoms with E-state index in [0.29, 0.717) is 30.4 Å². The molecule has 0 spiro atoms. The Kier molecular flexibility index (Phi) is 5.12. The number of nitro benzene ring substituents is 1. The van der Waals surface area contributed by atoms with Gasteiger partial charge in [0.25, 0.3) is 5.69 Å². The minimum atomic E-state index is -0.627. The molecule has 25 heavy (non-hydrogen) atoms. The molecule has 2 aromatic carbocycles. The molecule has 1 aromatic heterocycles. The van der Waals surface area contributed by atoms with Gasteiger partial charge in [-0.2, -0.15) is 4.98 Å². The van der Waals surface area contributed by atoms with E-state index in [0.717, 1.165) is 5.56 Å². The van der Waals surface area contributed by atoms with Gasteiger partial charge in [-0.05, 0) is 17.7 Å². The van der Waals surface area contributed by atoms with E-state index in [1.54, 1.807) is 12.1 Å². The van der Waals surface area contributed by atoms with Crippen molar-refractivity contribution in [2.45, 2.75) is 12.6 Å². The first-order valence-corrected chi connectivity index (χ1v) is 7.64. The van der Waals surface area contributed by atoms with Gasteiger partial charge in [0.05, 0.1) is 17.6 Å². The SMILES string of the molecule is O=[N+]([O-])c1ccc(-c2noc(CNCC(O)c3ccccc3)n2)cc1.